The van der Waals surface area contributed by atoms with Crippen molar-refractivity contribution >= 4 is 18.0 Å². The molecule has 0 fully saturated rings. The molecular weight excluding hydrogens is 326 g/mol. The van der Waals surface area contributed by atoms with E-state index in [4.69, 9.17) is 4.74 Å². The number of amides is 1. The number of primary amides is 1. The van der Waals surface area contributed by atoms with E-state index in [0.717, 1.165) is 24.8 Å². The van der Waals surface area contributed by atoms with Crippen molar-refractivity contribution in [1.29, 1.82) is 0 Å². The van der Waals surface area contributed by atoms with E-state index in [1.165, 1.54) is 24.5 Å². The fourth-order valence-electron chi connectivity index (χ4n) is 1.65. The van der Waals surface area contributed by atoms with E-state index in [9.17, 15) is 9.59 Å². The molecule has 0 aromatic heterocycles. The van der Waals surface area contributed by atoms with Gasteiger partial charge in [-0.3, -0.25) is 4.79 Å². The summed E-state index contributed by atoms with van der Waals surface area (Å²) in [6.45, 7) is 15.0. The molecule has 0 spiro atoms. The number of carbonyl (C=O) groups excluding carboxylic acids is 2. The van der Waals surface area contributed by atoms with Gasteiger partial charge in [0.05, 0.1) is 6.61 Å². The third-order valence-corrected chi connectivity index (χ3v) is 3.07. The Labute approximate surface area is 158 Å². The summed E-state index contributed by atoms with van der Waals surface area (Å²) in [6.07, 6.45) is 8.68. The fraction of sp³-hybridized carbons (Fsp3) is 0.364. The first-order chi connectivity index (χ1) is 12.4. The van der Waals surface area contributed by atoms with Gasteiger partial charge in [0.2, 0.25) is 5.91 Å². The summed E-state index contributed by atoms with van der Waals surface area (Å²) in [4.78, 5) is 20.1. The Morgan fingerprint density at radius 2 is 1.62 bits per heavy atom. The summed E-state index contributed by atoms with van der Waals surface area (Å²) < 4.78 is 4.84. The predicted octanol–water partition coefficient (Wildman–Crippen LogP) is 4.92. The number of rotatable bonds is 9. The van der Waals surface area contributed by atoms with Crippen LogP contribution < -0.4 is 5.73 Å². The van der Waals surface area contributed by atoms with Gasteiger partial charge in [-0.1, -0.05) is 89.3 Å². The highest BCUT2D eigenvalue weighted by molar-refractivity contribution is 5.85. The molecule has 0 aliphatic heterocycles. The van der Waals surface area contributed by atoms with Crippen molar-refractivity contribution in [3.63, 3.8) is 0 Å². The van der Waals surface area contributed by atoms with Crippen LogP contribution in [-0.2, 0) is 14.3 Å². The molecule has 0 bridgehead atoms. The number of esters is 1. The lowest BCUT2D eigenvalue weighted by molar-refractivity contribution is -0.137. The maximum Gasteiger partial charge on any atom is 0.330 e. The highest BCUT2D eigenvalue weighted by atomic mass is 16.5. The van der Waals surface area contributed by atoms with E-state index >= 15 is 0 Å². The summed E-state index contributed by atoms with van der Waals surface area (Å²) in [5.41, 5.74) is 5.71. The third kappa shape index (κ3) is 21.4. The Hall–Kier alpha value is -2.62. The van der Waals surface area contributed by atoms with Gasteiger partial charge in [-0.2, -0.15) is 0 Å². The Bertz CT molecular complexity index is 521. The van der Waals surface area contributed by atoms with Crippen molar-refractivity contribution in [2.45, 2.75) is 39.5 Å². The minimum absolute atomic E-state index is 0.316. The first-order valence-electron chi connectivity index (χ1n) is 8.75. The molecular formula is C22H33NO3. The van der Waals surface area contributed by atoms with Gasteiger partial charge in [0.1, 0.15) is 0 Å². The van der Waals surface area contributed by atoms with Gasteiger partial charge >= 0.3 is 5.97 Å². The first-order valence-corrected chi connectivity index (χ1v) is 8.75. The molecule has 0 atom stereocenters. The van der Waals surface area contributed by atoms with Crippen LogP contribution in [0.1, 0.15) is 45.1 Å². The number of carbonyl (C=O) groups is 2. The second-order valence-corrected chi connectivity index (χ2v) is 5.84. The average Bonchev–Trinajstić information content (AvgIpc) is 2.65. The van der Waals surface area contributed by atoms with E-state index in [1.54, 1.807) is 0 Å². The van der Waals surface area contributed by atoms with Crippen LogP contribution in [0.2, 0.25) is 0 Å². The fourth-order valence-corrected chi connectivity index (χ4v) is 1.65. The van der Waals surface area contributed by atoms with Crippen LogP contribution in [0, 0.1) is 5.92 Å². The molecule has 0 unspecified atom stereocenters. The molecule has 144 valence electrons. The molecule has 0 radical (unpaired) electrons. The number of hydrogen-bond donors (Lipinski definition) is 1. The average molecular weight is 360 g/mol. The number of ether oxygens (including phenoxy) is 1. The summed E-state index contributed by atoms with van der Waals surface area (Å²) in [6, 6.07) is 10.0. The Morgan fingerprint density at radius 3 is 2.00 bits per heavy atom. The lowest BCUT2D eigenvalue weighted by Crippen LogP contribution is -2.04. The summed E-state index contributed by atoms with van der Waals surface area (Å²) in [5.74, 6) is -0.0235. The number of nitrogens with two attached hydrogens (primary N) is 1. The van der Waals surface area contributed by atoms with Crippen LogP contribution in [0.25, 0.3) is 6.08 Å². The minimum atomic E-state index is -0.481. The van der Waals surface area contributed by atoms with Crippen molar-refractivity contribution in [3.8, 4) is 0 Å². The van der Waals surface area contributed by atoms with Crippen molar-refractivity contribution in [2.75, 3.05) is 6.61 Å². The molecule has 0 aliphatic rings. The second-order valence-electron chi connectivity index (χ2n) is 5.84. The molecule has 0 saturated heterocycles. The molecule has 0 heterocycles. The Kier molecular flexibility index (Phi) is 18.4. The zero-order chi connectivity index (χ0) is 20.2. The molecule has 1 aromatic rings. The van der Waals surface area contributed by atoms with Crippen LogP contribution in [0.5, 0.6) is 0 Å². The third-order valence-electron chi connectivity index (χ3n) is 3.07. The smallest absolute Gasteiger partial charge is 0.330 e. The maximum absolute atomic E-state index is 10.6. The van der Waals surface area contributed by atoms with Crippen LogP contribution in [0.15, 0.2) is 62.2 Å². The van der Waals surface area contributed by atoms with Crippen LogP contribution in [0.3, 0.4) is 0 Å². The largest absolute Gasteiger partial charge is 0.463 e. The molecule has 0 aliphatic carbocycles. The molecule has 1 aromatic carbocycles. The zero-order valence-electron chi connectivity index (χ0n) is 16.2. The molecule has 26 heavy (non-hydrogen) atoms. The van der Waals surface area contributed by atoms with E-state index in [1.807, 2.05) is 36.4 Å². The van der Waals surface area contributed by atoms with Gasteiger partial charge < -0.3 is 10.5 Å². The van der Waals surface area contributed by atoms with Gasteiger partial charge in [0.15, 0.2) is 0 Å². The molecule has 4 heteroatoms. The Balaban J connectivity index is 0. The van der Waals surface area contributed by atoms with Gasteiger partial charge in [-0.15, -0.1) is 0 Å². The number of benzene rings is 1. The first kappa shape index (κ1) is 25.6. The van der Waals surface area contributed by atoms with E-state index in [0.29, 0.717) is 6.61 Å². The zero-order valence-corrected chi connectivity index (χ0v) is 16.2. The summed E-state index contributed by atoms with van der Waals surface area (Å²) in [7, 11) is 0. The quantitative estimate of drug-likeness (QED) is 0.386. The van der Waals surface area contributed by atoms with Crippen LogP contribution >= 0.6 is 0 Å². The standard InChI is InChI=1S/C11H20O2.C8H8.C3H5NO/c1-4-11(12)13-9-7-5-6-8-10(2)3;1-2-8-6-4-3-5-7-8;1-2-3(4)5/h4,10H,1,5-9H2,2-3H3;2-7H,1H2;2H,1H2,(H2,4,5). The van der Waals surface area contributed by atoms with Crippen LogP contribution in [0.4, 0.5) is 0 Å². The van der Waals surface area contributed by atoms with E-state index < -0.39 is 5.91 Å². The number of hydrogen-bond acceptors (Lipinski definition) is 3. The SMILES string of the molecule is C=CC(=O)OCCCCCC(C)C.C=CC(N)=O.C=Cc1ccccc1. The van der Waals surface area contributed by atoms with Gasteiger partial charge in [-0.25, -0.2) is 4.79 Å². The topological polar surface area (TPSA) is 69.4 Å². The molecule has 1 amide bonds. The monoisotopic (exact) mass is 359 g/mol. The molecule has 0 saturated carbocycles. The minimum Gasteiger partial charge on any atom is -0.463 e. The number of unbranched alkanes of at least 4 members (excludes halogenated alkanes) is 2. The summed E-state index contributed by atoms with van der Waals surface area (Å²) >= 11 is 0. The molecule has 1 rings (SSSR count). The van der Waals surface area contributed by atoms with Gasteiger partial charge in [-0.05, 0) is 24.0 Å². The predicted molar refractivity (Wildman–Crippen MR) is 110 cm³/mol. The highest BCUT2D eigenvalue weighted by Crippen LogP contribution is 2.07. The van der Waals surface area contributed by atoms with E-state index in [2.05, 4.69) is 39.3 Å². The molecule has 4 nitrogen and oxygen atoms in total. The van der Waals surface area contributed by atoms with Gasteiger partial charge in [0.25, 0.3) is 0 Å². The van der Waals surface area contributed by atoms with E-state index in [-0.39, 0.29) is 5.97 Å². The lowest BCUT2D eigenvalue weighted by atomic mass is 10.1. The second kappa shape index (κ2) is 18.7. The lowest BCUT2D eigenvalue weighted by Gasteiger charge is -2.04. The maximum atomic E-state index is 10.6. The highest BCUT2D eigenvalue weighted by Gasteiger charge is 1.96. The normalized spacial score (nSPS) is 8.88. The van der Waals surface area contributed by atoms with Crippen molar-refractivity contribution in [2.24, 2.45) is 11.7 Å². The van der Waals surface area contributed by atoms with Crippen molar-refractivity contribution < 1.29 is 14.3 Å². The molecule has 2 N–H and O–H groups in total. The van der Waals surface area contributed by atoms with Crippen molar-refractivity contribution in [3.05, 3.63) is 67.8 Å². The van der Waals surface area contributed by atoms with Crippen LogP contribution in [-0.4, -0.2) is 18.5 Å². The Morgan fingerprint density at radius 1 is 1.04 bits per heavy atom. The van der Waals surface area contributed by atoms with Gasteiger partial charge in [0, 0.05) is 6.08 Å². The van der Waals surface area contributed by atoms with Crippen molar-refractivity contribution in [1.82, 2.24) is 0 Å². The summed E-state index contributed by atoms with van der Waals surface area (Å²) in [5, 5.41) is 0.